The first-order chi connectivity index (χ1) is 7.81. The Morgan fingerprint density at radius 2 is 2.06 bits per heavy atom. The van der Waals surface area contributed by atoms with E-state index in [1.165, 1.54) is 32.1 Å². The fourth-order valence-corrected chi connectivity index (χ4v) is 3.07. The number of hydrogen-bond acceptors (Lipinski definition) is 4. The highest BCUT2D eigenvalue weighted by molar-refractivity contribution is 4.87. The number of ether oxygens (including phenoxy) is 1. The standard InChI is InChI=1S/C12H25N3O/c1-15-7-8-16-11(9-15)12(14-13)10-5-3-2-4-6-10/h10-12,14H,2-9,13H2,1H3. The summed E-state index contributed by atoms with van der Waals surface area (Å²) < 4.78 is 5.87. The lowest BCUT2D eigenvalue weighted by atomic mass is 9.81. The van der Waals surface area contributed by atoms with E-state index in [4.69, 9.17) is 10.6 Å². The lowest BCUT2D eigenvalue weighted by molar-refractivity contribution is -0.0524. The predicted octanol–water partition coefficient (Wildman–Crippen LogP) is 0.729. The monoisotopic (exact) mass is 227 g/mol. The van der Waals surface area contributed by atoms with Gasteiger partial charge in [0.05, 0.1) is 18.8 Å². The van der Waals surface area contributed by atoms with Crippen LogP contribution in [0.4, 0.5) is 0 Å². The molecule has 0 amide bonds. The Balaban J connectivity index is 1.91. The first-order valence-electron chi connectivity index (χ1n) is 6.57. The summed E-state index contributed by atoms with van der Waals surface area (Å²) in [6.07, 6.45) is 6.97. The highest BCUT2D eigenvalue weighted by Crippen LogP contribution is 2.29. The fourth-order valence-electron chi connectivity index (χ4n) is 3.07. The van der Waals surface area contributed by atoms with Crippen LogP contribution in [-0.4, -0.2) is 43.8 Å². The van der Waals surface area contributed by atoms with Gasteiger partial charge in [-0.05, 0) is 25.8 Å². The van der Waals surface area contributed by atoms with Crippen molar-refractivity contribution < 1.29 is 4.74 Å². The molecule has 0 aromatic carbocycles. The molecule has 3 N–H and O–H groups in total. The molecule has 1 aliphatic carbocycles. The highest BCUT2D eigenvalue weighted by Gasteiger charge is 2.32. The number of hydrazine groups is 1. The second kappa shape index (κ2) is 5.96. The Morgan fingerprint density at radius 3 is 2.69 bits per heavy atom. The Hall–Kier alpha value is -0.160. The molecule has 2 fully saturated rings. The molecular weight excluding hydrogens is 202 g/mol. The van der Waals surface area contributed by atoms with Crippen LogP contribution in [-0.2, 0) is 4.74 Å². The molecular formula is C12H25N3O. The number of nitrogens with two attached hydrogens (primary N) is 1. The molecule has 94 valence electrons. The van der Waals surface area contributed by atoms with E-state index in [0.29, 0.717) is 12.0 Å². The van der Waals surface area contributed by atoms with E-state index in [-0.39, 0.29) is 6.10 Å². The van der Waals surface area contributed by atoms with Crippen LogP contribution in [0.15, 0.2) is 0 Å². The lowest BCUT2D eigenvalue weighted by Gasteiger charge is -2.39. The number of morpholine rings is 1. The van der Waals surface area contributed by atoms with Crippen molar-refractivity contribution >= 4 is 0 Å². The van der Waals surface area contributed by atoms with Gasteiger partial charge in [-0.2, -0.15) is 0 Å². The Kier molecular flexibility index (Phi) is 4.58. The SMILES string of the molecule is CN1CCOC(C(NN)C2CCCCC2)C1. The molecule has 2 aliphatic rings. The summed E-state index contributed by atoms with van der Waals surface area (Å²) in [7, 11) is 2.16. The second-order valence-electron chi connectivity index (χ2n) is 5.26. The van der Waals surface area contributed by atoms with Gasteiger partial charge >= 0.3 is 0 Å². The highest BCUT2D eigenvalue weighted by atomic mass is 16.5. The van der Waals surface area contributed by atoms with Crippen LogP contribution in [0.5, 0.6) is 0 Å². The van der Waals surface area contributed by atoms with E-state index in [9.17, 15) is 0 Å². The molecule has 1 saturated carbocycles. The molecule has 1 heterocycles. The van der Waals surface area contributed by atoms with Gasteiger partial charge in [-0.1, -0.05) is 19.3 Å². The average molecular weight is 227 g/mol. The van der Waals surface area contributed by atoms with E-state index in [0.717, 1.165) is 19.7 Å². The van der Waals surface area contributed by atoms with Crippen molar-refractivity contribution in [3.05, 3.63) is 0 Å². The molecule has 16 heavy (non-hydrogen) atoms. The molecule has 2 atom stereocenters. The summed E-state index contributed by atoms with van der Waals surface area (Å²) in [5.74, 6) is 6.44. The first-order valence-corrected chi connectivity index (χ1v) is 6.57. The van der Waals surface area contributed by atoms with Gasteiger partial charge in [0.1, 0.15) is 0 Å². The first kappa shape index (κ1) is 12.3. The van der Waals surface area contributed by atoms with Gasteiger partial charge in [-0.25, -0.2) is 0 Å². The van der Waals surface area contributed by atoms with Gasteiger partial charge in [0, 0.05) is 13.1 Å². The number of nitrogens with one attached hydrogen (secondary N) is 1. The van der Waals surface area contributed by atoms with Gasteiger partial charge in [0.25, 0.3) is 0 Å². The van der Waals surface area contributed by atoms with Crippen molar-refractivity contribution in [2.75, 3.05) is 26.7 Å². The molecule has 0 bridgehead atoms. The smallest absolute Gasteiger partial charge is 0.0871 e. The fraction of sp³-hybridized carbons (Fsp3) is 1.00. The van der Waals surface area contributed by atoms with E-state index < -0.39 is 0 Å². The molecule has 0 radical (unpaired) electrons. The van der Waals surface area contributed by atoms with Gasteiger partial charge in [-0.3, -0.25) is 11.3 Å². The van der Waals surface area contributed by atoms with Crippen LogP contribution >= 0.6 is 0 Å². The van der Waals surface area contributed by atoms with Crippen molar-refractivity contribution in [1.82, 2.24) is 10.3 Å². The van der Waals surface area contributed by atoms with Gasteiger partial charge in [0.15, 0.2) is 0 Å². The average Bonchev–Trinajstić information content (AvgIpc) is 2.31. The lowest BCUT2D eigenvalue weighted by Crippen LogP contribution is -2.56. The predicted molar refractivity (Wildman–Crippen MR) is 64.9 cm³/mol. The molecule has 2 unspecified atom stereocenters. The van der Waals surface area contributed by atoms with E-state index in [1.54, 1.807) is 0 Å². The van der Waals surface area contributed by atoms with Crippen LogP contribution in [0, 0.1) is 5.92 Å². The summed E-state index contributed by atoms with van der Waals surface area (Å²) in [5.41, 5.74) is 3.01. The summed E-state index contributed by atoms with van der Waals surface area (Å²) in [5, 5.41) is 0. The van der Waals surface area contributed by atoms with E-state index in [2.05, 4.69) is 17.4 Å². The number of hydrogen-bond donors (Lipinski definition) is 2. The molecule has 0 spiro atoms. The molecule has 4 heteroatoms. The molecule has 0 aromatic rings. The molecule has 1 aliphatic heterocycles. The van der Waals surface area contributed by atoms with E-state index in [1.807, 2.05) is 0 Å². The third kappa shape index (κ3) is 2.94. The van der Waals surface area contributed by atoms with Crippen molar-refractivity contribution in [2.24, 2.45) is 11.8 Å². The maximum Gasteiger partial charge on any atom is 0.0871 e. The summed E-state index contributed by atoms with van der Waals surface area (Å²) >= 11 is 0. The Labute approximate surface area is 98.5 Å². The number of rotatable bonds is 3. The second-order valence-corrected chi connectivity index (χ2v) is 5.26. The van der Waals surface area contributed by atoms with Crippen LogP contribution in [0.25, 0.3) is 0 Å². The molecule has 2 rings (SSSR count). The summed E-state index contributed by atoms with van der Waals surface area (Å²) in [4.78, 5) is 2.33. The van der Waals surface area contributed by atoms with Crippen LogP contribution in [0.3, 0.4) is 0 Å². The maximum atomic E-state index is 5.87. The van der Waals surface area contributed by atoms with Crippen molar-refractivity contribution in [3.8, 4) is 0 Å². The van der Waals surface area contributed by atoms with Crippen molar-refractivity contribution in [3.63, 3.8) is 0 Å². The van der Waals surface area contributed by atoms with Gasteiger partial charge < -0.3 is 9.64 Å². The zero-order valence-electron chi connectivity index (χ0n) is 10.3. The zero-order chi connectivity index (χ0) is 11.4. The third-order valence-corrected chi connectivity index (χ3v) is 4.05. The van der Waals surface area contributed by atoms with Crippen LogP contribution in [0.2, 0.25) is 0 Å². The minimum Gasteiger partial charge on any atom is -0.374 e. The third-order valence-electron chi connectivity index (χ3n) is 4.05. The number of likely N-dealkylation sites (N-methyl/N-ethyl adjacent to an activating group) is 1. The maximum absolute atomic E-state index is 5.87. The summed E-state index contributed by atoms with van der Waals surface area (Å²) in [6, 6.07) is 0.336. The quantitative estimate of drug-likeness (QED) is 0.551. The Bertz CT molecular complexity index is 206. The normalized spacial score (nSPS) is 31.5. The van der Waals surface area contributed by atoms with Crippen molar-refractivity contribution in [2.45, 2.75) is 44.2 Å². The van der Waals surface area contributed by atoms with Gasteiger partial charge in [0.2, 0.25) is 0 Å². The van der Waals surface area contributed by atoms with Crippen LogP contribution in [0.1, 0.15) is 32.1 Å². The topological polar surface area (TPSA) is 50.5 Å². The zero-order valence-corrected chi connectivity index (χ0v) is 10.3. The minimum atomic E-state index is 0.270. The van der Waals surface area contributed by atoms with Crippen molar-refractivity contribution in [1.29, 1.82) is 0 Å². The number of nitrogens with zero attached hydrogens (tertiary/aromatic N) is 1. The molecule has 0 aromatic heterocycles. The molecule has 1 saturated heterocycles. The summed E-state index contributed by atoms with van der Waals surface area (Å²) in [6.45, 7) is 2.88. The largest absolute Gasteiger partial charge is 0.374 e. The van der Waals surface area contributed by atoms with Gasteiger partial charge in [-0.15, -0.1) is 0 Å². The Morgan fingerprint density at radius 1 is 1.31 bits per heavy atom. The minimum absolute atomic E-state index is 0.270. The van der Waals surface area contributed by atoms with Crippen LogP contribution < -0.4 is 11.3 Å². The molecule has 4 nitrogen and oxygen atoms in total. The van der Waals surface area contributed by atoms with E-state index >= 15 is 0 Å².